The highest BCUT2D eigenvalue weighted by atomic mass is 32.2. The Morgan fingerprint density at radius 3 is 2.96 bits per heavy atom. The van der Waals surface area contributed by atoms with Gasteiger partial charge in [0.25, 0.3) is 5.91 Å². The van der Waals surface area contributed by atoms with Crippen LogP contribution >= 0.6 is 58.0 Å². The molecule has 1 aliphatic heterocycles. The Morgan fingerprint density at radius 2 is 2.24 bits per heavy atom. The molecule has 1 N–H and O–H groups in total. The summed E-state index contributed by atoms with van der Waals surface area (Å²) in [6, 6.07) is 3.96. The highest BCUT2D eigenvalue weighted by Crippen LogP contribution is 2.61. The third-order valence-corrected chi connectivity index (χ3v) is 11.0. The van der Waals surface area contributed by atoms with E-state index in [0.29, 0.717) is 0 Å². The Morgan fingerprint density at radius 1 is 1.40 bits per heavy atom. The van der Waals surface area contributed by atoms with Gasteiger partial charge in [0, 0.05) is 21.9 Å². The Kier molecular flexibility index (Phi) is 5.52. The molecule has 3 heterocycles. The maximum absolute atomic E-state index is 12.7. The highest BCUT2D eigenvalue weighted by molar-refractivity contribution is 8.20. The molecule has 0 radical (unpaired) electrons. The average Bonchev–Trinajstić information content (AvgIpc) is 3.35. The van der Waals surface area contributed by atoms with E-state index in [-0.39, 0.29) is 9.99 Å². The van der Waals surface area contributed by atoms with Gasteiger partial charge in [-0.15, -0.1) is 58.0 Å². The Labute approximate surface area is 168 Å². The minimum absolute atomic E-state index is 0.0700. The number of hydrogen-bond acceptors (Lipinski definition) is 7. The summed E-state index contributed by atoms with van der Waals surface area (Å²) in [4.78, 5) is 14.6. The van der Waals surface area contributed by atoms with Gasteiger partial charge >= 0.3 is 0 Å². The molecule has 1 saturated heterocycles. The number of nitrogens with one attached hydrogen (secondary N) is 1. The number of thiophene rings is 2. The number of carbonyl (C=O) groups excluding carboxylic acids is 1. The van der Waals surface area contributed by atoms with Crippen molar-refractivity contribution in [3.8, 4) is 0 Å². The summed E-state index contributed by atoms with van der Waals surface area (Å²) < 4.78 is 1.49. The van der Waals surface area contributed by atoms with Crippen LogP contribution in [0.15, 0.2) is 26.8 Å². The lowest BCUT2D eigenvalue weighted by molar-refractivity contribution is 0.0958. The Balaban J connectivity index is 1.62. The SMILES string of the molecule is CSc1sc(C(=O)N/N=C\c2cccs2)c2c1C1(CCC2)SCCS1. The topological polar surface area (TPSA) is 41.5 Å². The first-order chi connectivity index (χ1) is 12.2. The maximum atomic E-state index is 12.7. The van der Waals surface area contributed by atoms with Crippen LogP contribution in [-0.4, -0.2) is 29.9 Å². The lowest BCUT2D eigenvalue weighted by Gasteiger charge is -2.33. The van der Waals surface area contributed by atoms with Crippen molar-refractivity contribution in [2.45, 2.75) is 27.6 Å². The second-order valence-corrected chi connectivity index (χ2v) is 11.9. The number of fused-ring (bicyclic) bond motifs is 2. The molecule has 3 nitrogen and oxygen atoms in total. The lowest BCUT2D eigenvalue weighted by Crippen LogP contribution is -2.24. The van der Waals surface area contributed by atoms with E-state index in [1.165, 1.54) is 33.3 Å². The molecular weight excluding hydrogens is 409 g/mol. The molecular formula is C17H18N2OS5. The van der Waals surface area contributed by atoms with E-state index >= 15 is 0 Å². The highest BCUT2D eigenvalue weighted by Gasteiger charge is 2.45. The van der Waals surface area contributed by atoms with Gasteiger partial charge in [0.2, 0.25) is 0 Å². The third kappa shape index (κ3) is 3.43. The molecule has 25 heavy (non-hydrogen) atoms. The van der Waals surface area contributed by atoms with Crippen LogP contribution in [0.5, 0.6) is 0 Å². The molecule has 0 atom stereocenters. The first kappa shape index (κ1) is 18.0. The van der Waals surface area contributed by atoms with Gasteiger partial charge in [0.1, 0.15) is 0 Å². The van der Waals surface area contributed by atoms with E-state index in [1.807, 2.05) is 17.5 Å². The first-order valence-corrected chi connectivity index (χ1v) is 13.0. The van der Waals surface area contributed by atoms with Crippen molar-refractivity contribution in [2.24, 2.45) is 5.10 Å². The molecule has 132 valence electrons. The van der Waals surface area contributed by atoms with Crippen LogP contribution < -0.4 is 5.43 Å². The Hall–Kier alpha value is -0.410. The molecule has 0 saturated carbocycles. The van der Waals surface area contributed by atoms with Gasteiger partial charge in [-0.2, -0.15) is 5.10 Å². The molecule has 1 fully saturated rings. The second kappa shape index (κ2) is 7.68. The van der Waals surface area contributed by atoms with Crippen molar-refractivity contribution >= 4 is 70.1 Å². The molecule has 1 spiro atoms. The summed E-state index contributed by atoms with van der Waals surface area (Å²) in [5.41, 5.74) is 5.44. The average molecular weight is 427 g/mol. The van der Waals surface area contributed by atoms with Crippen molar-refractivity contribution in [1.29, 1.82) is 0 Å². The second-order valence-electron chi connectivity index (χ2n) is 5.79. The quantitative estimate of drug-likeness (QED) is 0.411. The Bertz CT molecular complexity index is 790. The number of amides is 1. The molecule has 1 aliphatic carbocycles. The van der Waals surface area contributed by atoms with Crippen LogP contribution in [0, 0.1) is 0 Å². The van der Waals surface area contributed by atoms with E-state index < -0.39 is 0 Å². The van der Waals surface area contributed by atoms with E-state index in [9.17, 15) is 4.79 Å². The number of hydrazone groups is 1. The lowest BCUT2D eigenvalue weighted by atomic mass is 9.92. The van der Waals surface area contributed by atoms with Crippen LogP contribution in [0.25, 0.3) is 0 Å². The van der Waals surface area contributed by atoms with Crippen LogP contribution in [0.2, 0.25) is 0 Å². The monoisotopic (exact) mass is 426 g/mol. The fourth-order valence-corrected chi connectivity index (χ4v) is 9.78. The summed E-state index contributed by atoms with van der Waals surface area (Å²) in [5.74, 6) is 2.35. The maximum Gasteiger partial charge on any atom is 0.281 e. The molecule has 2 aromatic rings. The smallest absolute Gasteiger partial charge is 0.266 e. The zero-order chi connectivity index (χ0) is 17.3. The molecule has 1 amide bonds. The predicted molar refractivity (Wildman–Crippen MR) is 115 cm³/mol. The fraction of sp³-hybridized carbons (Fsp3) is 0.412. The van der Waals surface area contributed by atoms with Gasteiger partial charge in [-0.1, -0.05) is 6.07 Å². The zero-order valence-electron chi connectivity index (χ0n) is 13.7. The number of hydrogen-bond donors (Lipinski definition) is 1. The van der Waals surface area contributed by atoms with Crippen molar-refractivity contribution < 1.29 is 4.79 Å². The molecule has 2 aliphatic rings. The van der Waals surface area contributed by atoms with Crippen molar-refractivity contribution in [3.63, 3.8) is 0 Å². The summed E-state index contributed by atoms with van der Waals surface area (Å²) in [5, 5.41) is 6.14. The summed E-state index contributed by atoms with van der Waals surface area (Å²) in [7, 11) is 0. The van der Waals surface area contributed by atoms with Crippen molar-refractivity contribution in [1.82, 2.24) is 5.43 Å². The van der Waals surface area contributed by atoms with E-state index in [4.69, 9.17) is 0 Å². The minimum atomic E-state index is -0.0700. The normalized spacial score (nSPS) is 18.8. The predicted octanol–water partition coefficient (Wildman–Crippen LogP) is 5.26. The van der Waals surface area contributed by atoms with Crippen LogP contribution in [-0.2, 0) is 10.5 Å². The van der Waals surface area contributed by atoms with Gasteiger partial charge < -0.3 is 0 Å². The summed E-state index contributed by atoms with van der Waals surface area (Å²) in [6.45, 7) is 0. The molecule has 0 aromatic carbocycles. The van der Waals surface area contributed by atoms with Gasteiger partial charge in [0.05, 0.1) is 19.4 Å². The molecule has 4 rings (SSSR count). The van der Waals surface area contributed by atoms with E-state index in [0.717, 1.165) is 22.6 Å². The van der Waals surface area contributed by atoms with Gasteiger partial charge in [0.15, 0.2) is 0 Å². The largest absolute Gasteiger partial charge is 0.281 e. The van der Waals surface area contributed by atoms with Gasteiger partial charge in [-0.05, 0) is 42.5 Å². The standard InChI is InChI=1S/C17H18N2OS5/c1-21-16-13-12(5-2-6-17(13)23-8-9-24-17)14(25-16)15(20)19-18-10-11-4-3-7-22-11/h3-4,7,10H,2,5-6,8-9H2,1H3,(H,19,20)/b18-10-. The number of rotatable bonds is 4. The minimum Gasteiger partial charge on any atom is -0.266 e. The molecule has 0 bridgehead atoms. The van der Waals surface area contributed by atoms with Crippen molar-refractivity contribution in [2.75, 3.05) is 17.8 Å². The summed E-state index contributed by atoms with van der Waals surface area (Å²) in [6.07, 6.45) is 7.22. The number of nitrogens with zero attached hydrogens (tertiary/aromatic N) is 1. The fourth-order valence-electron chi connectivity index (χ4n) is 3.33. The summed E-state index contributed by atoms with van der Waals surface area (Å²) >= 11 is 9.18. The molecule has 0 unspecified atom stereocenters. The number of thioether (sulfide) groups is 3. The number of carbonyl (C=O) groups is 1. The molecule has 8 heteroatoms. The van der Waals surface area contributed by atoms with Gasteiger partial charge in [-0.3, -0.25) is 4.79 Å². The van der Waals surface area contributed by atoms with E-state index in [1.54, 1.807) is 40.7 Å². The first-order valence-electron chi connectivity index (χ1n) is 8.08. The van der Waals surface area contributed by atoms with Crippen LogP contribution in [0.1, 0.15) is 38.5 Å². The van der Waals surface area contributed by atoms with Crippen LogP contribution in [0.4, 0.5) is 0 Å². The van der Waals surface area contributed by atoms with E-state index in [2.05, 4.69) is 40.3 Å². The third-order valence-electron chi connectivity index (χ3n) is 4.33. The van der Waals surface area contributed by atoms with Gasteiger partial charge in [-0.25, -0.2) is 5.43 Å². The van der Waals surface area contributed by atoms with Crippen LogP contribution in [0.3, 0.4) is 0 Å². The van der Waals surface area contributed by atoms with Crippen molar-refractivity contribution in [3.05, 3.63) is 38.4 Å². The molecule has 2 aromatic heterocycles. The zero-order valence-corrected chi connectivity index (χ0v) is 17.8.